The Labute approximate surface area is 200 Å². The zero-order valence-corrected chi connectivity index (χ0v) is 20.0. The van der Waals surface area contributed by atoms with Crippen LogP contribution in [0.15, 0.2) is 76.5 Å². The zero-order valence-electron chi connectivity index (χ0n) is 18.4. The molecule has 4 rings (SSSR count). The summed E-state index contributed by atoms with van der Waals surface area (Å²) >= 11 is 0. The fraction of sp³-hybridized carbons (Fsp3) is 0.130. The van der Waals surface area contributed by atoms with Crippen molar-refractivity contribution in [3.05, 3.63) is 77.9 Å². The largest absolute Gasteiger partial charge is 0.416 e. The van der Waals surface area contributed by atoms with Gasteiger partial charge in [-0.3, -0.25) is 5.14 Å². The smallest absolute Gasteiger partial charge is 0.326 e. The van der Waals surface area contributed by atoms with Gasteiger partial charge in [0.05, 0.1) is 37.7 Å². The molecule has 0 aliphatic carbocycles. The summed E-state index contributed by atoms with van der Waals surface area (Å²) in [5.41, 5.74) is 0.472. The van der Waals surface area contributed by atoms with Crippen molar-refractivity contribution in [2.45, 2.75) is 22.5 Å². The minimum atomic E-state index is -4.55. The number of halogens is 3. The molecule has 1 aromatic heterocycles. The van der Waals surface area contributed by atoms with Crippen molar-refractivity contribution < 1.29 is 25.8 Å². The first-order chi connectivity index (χ1) is 16.2. The number of benzene rings is 3. The summed E-state index contributed by atoms with van der Waals surface area (Å²) < 4.78 is 78.3. The molecule has 3 N–H and O–H groups in total. The molecule has 0 aliphatic rings. The minimum Gasteiger partial charge on any atom is -0.326 e. The minimum absolute atomic E-state index is 0.0183. The highest BCUT2D eigenvalue weighted by atomic mass is 32.2. The lowest BCUT2D eigenvalue weighted by Gasteiger charge is -2.16. The number of aromatic nitrogens is 2. The van der Waals surface area contributed by atoms with Crippen LogP contribution >= 0.6 is 0 Å². The molecule has 1 heterocycles. The molecule has 12 heteroatoms. The van der Waals surface area contributed by atoms with Crippen molar-refractivity contribution >= 4 is 48.1 Å². The molecule has 0 amide bonds. The lowest BCUT2D eigenvalue weighted by atomic mass is 10.1. The number of rotatable bonds is 6. The highest BCUT2D eigenvalue weighted by Crippen LogP contribution is 2.34. The second-order valence-electron chi connectivity index (χ2n) is 7.97. The van der Waals surface area contributed by atoms with Crippen molar-refractivity contribution in [2.75, 3.05) is 11.6 Å². The maximum atomic E-state index is 13.6. The summed E-state index contributed by atoms with van der Waals surface area (Å²) in [6.07, 6.45) is -3.49. The summed E-state index contributed by atoms with van der Waals surface area (Å²) in [5, 5.41) is 8.60. The molecule has 4 aromatic rings. The van der Waals surface area contributed by atoms with E-state index in [0.717, 1.165) is 12.3 Å². The Balaban J connectivity index is 1.84. The van der Waals surface area contributed by atoms with E-state index in [0.29, 0.717) is 21.6 Å². The van der Waals surface area contributed by atoms with Gasteiger partial charge in [0.15, 0.2) is 9.84 Å². The third-order valence-electron chi connectivity index (χ3n) is 5.31. The van der Waals surface area contributed by atoms with Crippen LogP contribution in [0.25, 0.3) is 11.0 Å². The maximum absolute atomic E-state index is 13.6. The molecule has 0 saturated carbocycles. The highest BCUT2D eigenvalue weighted by molar-refractivity contribution is 7.98. The van der Waals surface area contributed by atoms with E-state index >= 15 is 0 Å². The number of alkyl halides is 3. The predicted octanol–water partition coefficient (Wildman–Crippen LogP) is 4.20. The standard InChI is InChI=1S/C23H21F3N4O3S2/c1-34(27,31)17-9-7-16(8-10-17)28-22-29-20-13-18(35(2,32)33)11-12-21(20)30(22)14-15-5-3-4-6-19(15)23(24,25)26/h3-13H,1,14H2,2H3,(H2,27,31)(H,28,29). The van der Waals surface area contributed by atoms with Crippen LogP contribution in [-0.2, 0) is 32.3 Å². The topological polar surface area (TPSA) is 107 Å². The number of hydrogen-bond donors (Lipinski definition) is 2. The van der Waals surface area contributed by atoms with E-state index in [-0.39, 0.29) is 23.0 Å². The lowest BCUT2D eigenvalue weighted by molar-refractivity contribution is -0.138. The molecule has 35 heavy (non-hydrogen) atoms. The molecule has 1 unspecified atom stereocenters. The number of anilines is 2. The van der Waals surface area contributed by atoms with Gasteiger partial charge < -0.3 is 9.88 Å². The zero-order chi connectivity index (χ0) is 25.6. The number of imidazole rings is 1. The molecule has 0 spiro atoms. The van der Waals surface area contributed by atoms with Crippen molar-refractivity contribution in [2.24, 2.45) is 5.14 Å². The fourth-order valence-electron chi connectivity index (χ4n) is 3.60. The molecular weight excluding hydrogens is 501 g/mol. The van der Waals surface area contributed by atoms with Gasteiger partial charge in [-0.15, -0.1) is 0 Å². The van der Waals surface area contributed by atoms with Crippen LogP contribution in [0.4, 0.5) is 24.8 Å². The Morgan fingerprint density at radius 3 is 2.23 bits per heavy atom. The molecule has 7 nitrogen and oxygen atoms in total. The number of fused-ring (bicyclic) bond motifs is 1. The number of hydrogen-bond acceptors (Lipinski definition) is 5. The van der Waals surface area contributed by atoms with Crippen molar-refractivity contribution in [3.63, 3.8) is 0 Å². The van der Waals surface area contributed by atoms with E-state index in [4.69, 9.17) is 5.14 Å². The van der Waals surface area contributed by atoms with Gasteiger partial charge in [-0.1, -0.05) is 18.2 Å². The molecule has 1 atom stereocenters. The lowest BCUT2D eigenvalue weighted by Crippen LogP contribution is -2.13. The quantitative estimate of drug-likeness (QED) is 0.369. The summed E-state index contributed by atoms with van der Waals surface area (Å²) in [6, 6.07) is 15.7. The fourth-order valence-corrected chi connectivity index (χ4v) is 4.84. The third kappa shape index (κ3) is 5.34. The molecule has 0 saturated heterocycles. The van der Waals surface area contributed by atoms with Crippen LogP contribution in [0.3, 0.4) is 0 Å². The average Bonchev–Trinajstić information content (AvgIpc) is 3.09. The Hall–Kier alpha value is -3.35. The van der Waals surface area contributed by atoms with Crippen molar-refractivity contribution in [3.8, 4) is 0 Å². The number of nitrogens with zero attached hydrogens (tertiary/aromatic N) is 2. The first-order valence-corrected chi connectivity index (χ1v) is 13.8. The van der Waals surface area contributed by atoms with Gasteiger partial charge in [0.1, 0.15) is 0 Å². The molecule has 184 valence electrons. The van der Waals surface area contributed by atoms with Gasteiger partial charge in [-0.25, -0.2) is 17.6 Å². The molecule has 3 aromatic carbocycles. The van der Waals surface area contributed by atoms with Crippen LogP contribution in [-0.4, -0.2) is 34.3 Å². The number of sulfone groups is 1. The van der Waals surface area contributed by atoms with Gasteiger partial charge in [-0.05, 0) is 60.0 Å². The molecule has 0 aliphatic heterocycles. The van der Waals surface area contributed by atoms with E-state index in [2.05, 4.69) is 16.2 Å². The SMILES string of the molecule is C=S(N)(=O)c1ccc(Nc2nc3cc(S(C)(=O)=O)ccc3n2Cc2ccccc2C(F)(F)F)cc1. The number of nitrogens with one attached hydrogen (secondary N) is 1. The van der Waals surface area contributed by atoms with E-state index in [9.17, 15) is 25.8 Å². The van der Waals surface area contributed by atoms with E-state index < -0.39 is 31.3 Å². The maximum Gasteiger partial charge on any atom is 0.416 e. The second-order valence-corrected chi connectivity index (χ2v) is 11.9. The Kier molecular flexibility index (Phi) is 6.16. The Morgan fingerprint density at radius 2 is 1.63 bits per heavy atom. The first-order valence-electron chi connectivity index (χ1n) is 10.1. The van der Waals surface area contributed by atoms with Gasteiger partial charge in [0, 0.05) is 16.8 Å². The third-order valence-corrected chi connectivity index (χ3v) is 7.49. The van der Waals surface area contributed by atoms with E-state index in [1.165, 1.54) is 53.1 Å². The monoisotopic (exact) mass is 522 g/mol. The van der Waals surface area contributed by atoms with Crippen LogP contribution in [0, 0.1) is 0 Å². The molecule has 0 radical (unpaired) electrons. The predicted molar refractivity (Wildman–Crippen MR) is 131 cm³/mol. The van der Waals surface area contributed by atoms with Crippen LogP contribution in [0.5, 0.6) is 0 Å². The van der Waals surface area contributed by atoms with Gasteiger partial charge in [0.2, 0.25) is 5.95 Å². The van der Waals surface area contributed by atoms with E-state index in [1.54, 1.807) is 12.1 Å². The first kappa shape index (κ1) is 24.8. The summed E-state index contributed by atoms with van der Waals surface area (Å²) in [5.74, 6) is 3.62. The number of nitrogens with two attached hydrogens (primary N) is 1. The summed E-state index contributed by atoms with van der Waals surface area (Å²) in [7, 11) is -6.44. The molecule has 0 bridgehead atoms. The van der Waals surface area contributed by atoms with Crippen LogP contribution in [0.2, 0.25) is 0 Å². The Bertz CT molecular complexity index is 1630. The highest BCUT2D eigenvalue weighted by Gasteiger charge is 2.33. The van der Waals surface area contributed by atoms with Gasteiger partial charge >= 0.3 is 6.18 Å². The van der Waals surface area contributed by atoms with Crippen molar-refractivity contribution in [1.82, 2.24) is 9.55 Å². The van der Waals surface area contributed by atoms with Crippen molar-refractivity contribution in [1.29, 1.82) is 0 Å². The second kappa shape index (κ2) is 8.70. The van der Waals surface area contributed by atoms with E-state index in [1.807, 2.05) is 0 Å². The molecular formula is C23H21F3N4O3S2. The Morgan fingerprint density at radius 1 is 1.00 bits per heavy atom. The van der Waals surface area contributed by atoms with Gasteiger partial charge in [-0.2, -0.15) is 13.2 Å². The summed E-state index contributed by atoms with van der Waals surface area (Å²) in [6.45, 7) is -0.180. The summed E-state index contributed by atoms with van der Waals surface area (Å²) in [4.78, 5) is 4.82. The van der Waals surface area contributed by atoms with Gasteiger partial charge in [0.25, 0.3) is 0 Å². The normalized spacial score (nSPS) is 14.1. The van der Waals surface area contributed by atoms with Crippen LogP contribution in [0.1, 0.15) is 11.1 Å². The molecule has 0 fully saturated rings. The average molecular weight is 523 g/mol. The van der Waals surface area contributed by atoms with Crippen LogP contribution < -0.4 is 10.5 Å².